The number of aromatic nitrogens is 3. The third-order valence-electron chi connectivity index (χ3n) is 4.98. The zero-order valence-electron chi connectivity index (χ0n) is 15.3. The number of carbonyl (C=O) groups is 1. The molecule has 1 aromatic carbocycles. The van der Waals surface area contributed by atoms with Crippen LogP contribution >= 0.6 is 11.3 Å². The van der Waals surface area contributed by atoms with E-state index in [-0.39, 0.29) is 11.9 Å². The lowest BCUT2D eigenvalue weighted by Gasteiger charge is -2.39. The van der Waals surface area contributed by atoms with Gasteiger partial charge in [0.1, 0.15) is 0 Å². The van der Waals surface area contributed by atoms with Crippen LogP contribution in [0.2, 0.25) is 0 Å². The molecule has 4 rings (SSSR count). The number of piperazine rings is 1. The predicted octanol–water partition coefficient (Wildman–Crippen LogP) is 2.94. The van der Waals surface area contributed by atoms with Crippen molar-refractivity contribution in [1.82, 2.24) is 19.7 Å². The normalized spacial score (nSPS) is 17.9. The van der Waals surface area contributed by atoms with Gasteiger partial charge in [-0.3, -0.25) is 9.48 Å². The van der Waals surface area contributed by atoms with E-state index in [9.17, 15) is 4.79 Å². The third kappa shape index (κ3) is 2.96. The lowest BCUT2D eigenvalue weighted by Crippen LogP contribution is -2.54. The van der Waals surface area contributed by atoms with Crippen molar-refractivity contribution < 1.29 is 4.79 Å². The van der Waals surface area contributed by atoms with Crippen molar-refractivity contribution in [2.75, 3.05) is 24.5 Å². The van der Waals surface area contributed by atoms with Gasteiger partial charge in [-0.2, -0.15) is 5.10 Å². The third-order valence-corrected chi connectivity index (χ3v) is 6.06. The summed E-state index contributed by atoms with van der Waals surface area (Å²) in [5, 5.41) is 5.17. The summed E-state index contributed by atoms with van der Waals surface area (Å²) in [5.74, 6) is 0.0582. The molecule has 0 spiro atoms. The molecule has 0 bridgehead atoms. The van der Waals surface area contributed by atoms with Gasteiger partial charge in [0, 0.05) is 38.9 Å². The second kappa shape index (κ2) is 6.72. The molecular weight excluding hydrogens is 346 g/mol. The lowest BCUT2D eigenvalue weighted by atomic mass is 10.1. The average molecular weight is 369 g/mol. The number of hydrogen-bond donors (Lipinski definition) is 0. The van der Waals surface area contributed by atoms with Crippen LogP contribution < -0.4 is 4.90 Å². The van der Waals surface area contributed by atoms with Gasteiger partial charge in [0.2, 0.25) is 0 Å². The van der Waals surface area contributed by atoms with Crippen LogP contribution in [0.1, 0.15) is 29.8 Å². The van der Waals surface area contributed by atoms with Crippen LogP contribution in [0.15, 0.2) is 30.6 Å². The number of benzene rings is 1. The minimum absolute atomic E-state index is 0.0582. The molecule has 0 N–H and O–H groups in total. The molecule has 2 aromatic heterocycles. The first kappa shape index (κ1) is 17.0. The van der Waals surface area contributed by atoms with Crippen LogP contribution in [0.25, 0.3) is 10.2 Å². The van der Waals surface area contributed by atoms with Gasteiger partial charge in [-0.05, 0) is 25.0 Å². The topological polar surface area (TPSA) is 54.3 Å². The summed E-state index contributed by atoms with van der Waals surface area (Å²) in [6.45, 7) is 6.57. The molecule has 3 aromatic rings. The van der Waals surface area contributed by atoms with Crippen molar-refractivity contribution in [3.63, 3.8) is 0 Å². The minimum Gasteiger partial charge on any atom is -0.344 e. The standard InChI is InChI=1S/C19H23N5OS/c1-4-14-6-5-7-16-17(14)21-19(26-16)23-8-9-24(13(2)11-23)18(25)15-10-20-22(3)12-15/h5-7,10,12-13H,4,8-9,11H2,1-3H3. The van der Waals surface area contributed by atoms with Crippen molar-refractivity contribution in [3.8, 4) is 0 Å². The Balaban J connectivity index is 1.52. The van der Waals surface area contributed by atoms with Gasteiger partial charge >= 0.3 is 0 Å². The Morgan fingerprint density at radius 3 is 2.88 bits per heavy atom. The first-order valence-electron chi connectivity index (χ1n) is 8.99. The molecule has 1 amide bonds. The number of nitrogens with zero attached hydrogens (tertiary/aromatic N) is 5. The molecule has 136 valence electrons. The van der Waals surface area contributed by atoms with Crippen molar-refractivity contribution >= 4 is 32.6 Å². The zero-order valence-corrected chi connectivity index (χ0v) is 16.2. The van der Waals surface area contributed by atoms with Crippen LogP contribution in [0.4, 0.5) is 5.13 Å². The number of hydrogen-bond acceptors (Lipinski definition) is 5. The van der Waals surface area contributed by atoms with Crippen molar-refractivity contribution in [3.05, 3.63) is 41.7 Å². The molecule has 0 saturated carbocycles. The fourth-order valence-corrected chi connectivity index (χ4v) is 4.59. The van der Waals surface area contributed by atoms with E-state index in [1.54, 1.807) is 28.4 Å². The van der Waals surface area contributed by atoms with Gasteiger partial charge in [0.05, 0.1) is 22.0 Å². The first-order chi connectivity index (χ1) is 12.6. The second-order valence-corrected chi connectivity index (χ2v) is 7.82. The number of rotatable bonds is 3. The smallest absolute Gasteiger partial charge is 0.257 e. The summed E-state index contributed by atoms with van der Waals surface area (Å²) in [6.07, 6.45) is 4.41. The monoisotopic (exact) mass is 369 g/mol. The van der Waals surface area contributed by atoms with Gasteiger partial charge < -0.3 is 9.80 Å². The molecule has 0 radical (unpaired) electrons. The van der Waals surface area contributed by atoms with Gasteiger partial charge in [-0.25, -0.2) is 4.98 Å². The summed E-state index contributed by atoms with van der Waals surface area (Å²) in [5.41, 5.74) is 3.07. The molecule has 1 saturated heterocycles. The van der Waals surface area contributed by atoms with E-state index < -0.39 is 0 Å². The highest BCUT2D eigenvalue weighted by Crippen LogP contribution is 2.32. The number of aryl methyl sites for hydroxylation is 2. The number of amides is 1. The van der Waals surface area contributed by atoms with Crippen LogP contribution in [0.3, 0.4) is 0 Å². The van der Waals surface area contributed by atoms with Crippen molar-refractivity contribution in [2.24, 2.45) is 7.05 Å². The molecular formula is C19H23N5OS. The highest BCUT2D eigenvalue weighted by Gasteiger charge is 2.30. The molecule has 6 nitrogen and oxygen atoms in total. The molecule has 1 aliphatic heterocycles. The SMILES string of the molecule is CCc1cccc2sc(N3CCN(C(=O)c4cnn(C)c4)C(C)C3)nc12. The second-order valence-electron chi connectivity index (χ2n) is 6.81. The average Bonchev–Trinajstić information content (AvgIpc) is 3.27. The molecule has 7 heteroatoms. The largest absolute Gasteiger partial charge is 0.344 e. The van der Waals surface area contributed by atoms with Crippen molar-refractivity contribution in [1.29, 1.82) is 0 Å². The first-order valence-corrected chi connectivity index (χ1v) is 9.81. The summed E-state index contributed by atoms with van der Waals surface area (Å²) < 4.78 is 2.90. The van der Waals surface area contributed by atoms with Crippen LogP contribution in [-0.2, 0) is 13.5 Å². The minimum atomic E-state index is 0.0582. The van der Waals surface area contributed by atoms with E-state index in [0.717, 1.165) is 30.2 Å². The number of carbonyl (C=O) groups excluding carboxylic acids is 1. The van der Waals surface area contributed by atoms with E-state index in [2.05, 4.69) is 42.0 Å². The molecule has 1 atom stereocenters. The lowest BCUT2D eigenvalue weighted by molar-refractivity contribution is 0.0674. The van der Waals surface area contributed by atoms with Gasteiger partial charge in [0.15, 0.2) is 5.13 Å². The Morgan fingerprint density at radius 1 is 1.35 bits per heavy atom. The van der Waals surface area contributed by atoms with E-state index in [1.807, 2.05) is 11.9 Å². The number of anilines is 1. The highest BCUT2D eigenvalue weighted by molar-refractivity contribution is 7.22. The van der Waals surface area contributed by atoms with E-state index in [4.69, 9.17) is 4.98 Å². The van der Waals surface area contributed by atoms with Crippen LogP contribution in [0.5, 0.6) is 0 Å². The number of thiazole rings is 1. The molecule has 1 unspecified atom stereocenters. The summed E-state index contributed by atoms with van der Waals surface area (Å²) in [4.78, 5) is 21.9. The van der Waals surface area contributed by atoms with E-state index in [0.29, 0.717) is 12.1 Å². The van der Waals surface area contributed by atoms with Gasteiger partial charge in [-0.15, -0.1) is 0 Å². The molecule has 26 heavy (non-hydrogen) atoms. The Bertz CT molecular complexity index is 946. The fraction of sp³-hybridized carbons (Fsp3) is 0.421. The van der Waals surface area contributed by atoms with Crippen LogP contribution in [0, 0.1) is 0 Å². The molecule has 1 fully saturated rings. The predicted molar refractivity (Wildman–Crippen MR) is 105 cm³/mol. The molecule has 1 aliphatic rings. The quantitative estimate of drug-likeness (QED) is 0.712. The van der Waals surface area contributed by atoms with E-state index >= 15 is 0 Å². The maximum Gasteiger partial charge on any atom is 0.257 e. The summed E-state index contributed by atoms with van der Waals surface area (Å²) >= 11 is 1.74. The summed E-state index contributed by atoms with van der Waals surface area (Å²) in [7, 11) is 1.83. The van der Waals surface area contributed by atoms with Gasteiger partial charge in [-0.1, -0.05) is 30.4 Å². The Morgan fingerprint density at radius 2 is 2.19 bits per heavy atom. The fourth-order valence-electron chi connectivity index (χ4n) is 3.54. The zero-order chi connectivity index (χ0) is 18.3. The Kier molecular flexibility index (Phi) is 4.40. The summed E-state index contributed by atoms with van der Waals surface area (Å²) in [6, 6.07) is 6.53. The Labute approximate surface area is 157 Å². The van der Waals surface area contributed by atoms with Crippen LogP contribution in [-0.4, -0.2) is 51.2 Å². The highest BCUT2D eigenvalue weighted by atomic mass is 32.1. The maximum absolute atomic E-state index is 12.7. The number of fused-ring (bicyclic) bond motifs is 1. The van der Waals surface area contributed by atoms with E-state index in [1.165, 1.54) is 10.3 Å². The van der Waals surface area contributed by atoms with Crippen molar-refractivity contribution in [2.45, 2.75) is 26.3 Å². The maximum atomic E-state index is 12.7. The molecule has 3 heterocycles. The number of para-hydroxylation sites is 1. The van der Waals surface area contributed by atoms with Gasteiger partial charge in [0.25, 0.3) is 5.91 Å². The Hall–Kier alpha value is -2.41. The molecule has 0 aliphatic carbocycles.